The molecule has 0 saturated carbocycles. The monoisotopic (exact) mass is 310 g/mol. The van der Waals surface area contributed by atoms with Gasteiger partial charge in [0.05, 0.1) is 18.1 Å². The lowest BCUT2D eigenvalue weighted by atomic mass is 10.2. The van der Waals surface area contributed by atoms with E-state index in [0.29, 0.717) is 16.5 Å². The van der Waals surface area contributed by atoms with Crippen molar-refractivity contribution in [2.45, 2.75) is 0 Å². The average Bonchev–Trinajstić information content (AvgIpc) is 2.56. The van der Waals surface area contributed by atoms with Gasteiger partial charge in [-0.3, -0.25) is 9.78 Å². The molecular formula is C16H11ClN4O. The molecule has 3 rings (SSSR count). The molecule has 5 nitrogen and oxygen atoms in total. The summed E-state index contributed by atoms with van der Waals surface area (Å²) in [5.41, 5.74) is 1.64. The molecule has 0 radical (unpaired) electrons. The van der Waals surface area contributed by atoms with Gasteiger partial charge in [-0.1, -0.05) is 41.9 Å². The fourth-order valence-electron chi connectivity index (χ4n) is 1.85. The fourth-order valence-corrected chi connectivity index (χ4v) is 2.01. The summed E-state index contributed by atoms with van der Waals surface area (Å²) in [6, 6.07) is 12.7. The second-order valence-electron chi connectivity index (χ2n) is 4.47. The van der Waals surface area contributed by atoms with E-state index in [0.717, 1.165) is 5.56 Å². The molecule has 108 valence electrons. The molecule has 1 amide bonds. The van der Waals surface area contributed by atoms with Gasteiger partial charge in [0.25, 0.3) is 5.91 Å². The zero-order chi connectivity index (χ0) is 15.4. The molecule has 0 bridgehead atoms. The summed E-state index contributed by atoms with van der Waals surface area (Å²) in [7, 11) is 0. The number of anilines is 1. The minimum Gasteiger partial charge on any atom is -0.318 e. The Kier molecular flexibility index (Phi) is 4.07. The summed E-state index contributed by atoms with van der Waals surface area (Å²) in [4.78, 5) is 24.5. The molecule has 1 N–H and O–H groups in total. The highest BCUT2D eigenvalue weighted by atomic mass is 35.5. The molecule has 2 aromatic heterocycles. The first-order chi connectivity index (χ1) is 10.7. The van der Waals surface area contributed by atoms with Crippen LogP contribution >= 0.6 is 11.6 Å². The molecule has 3 aromatic rings. The van der Waals surface area contributed by atoms with Crippen LogP contribution in [-0.4, -0.2) is 20.9 Å². The Morgan fingerprint density at radius 2 is 1.73 bits per heavy atom. The van der Waals surface area contributed by atoms with Gasteiger partial charge in [0.2, 0.25) is 0 Å². The van der Waals surface area contributed by atoms with E-state index < -0.39 is 0 Å². The number of carbonyl (C=O) groups is 1. The molecule has 0 aliphatic carbocycles. The number of aromatic nitrogens is 3. The van der Waals surface area contributed by atoms with Crippen LogP contribution in [-0.2, 0) is 0 Å². The molecule has 0 spiro atoms. The Labute approximate surface area is 132 Å². The Bertz CT molecular complexity index is 791. The Balaban J connectivity index is 1.75. The van der Waals surface area contributed by atoms with E-state index in [1.807, 2.05) is 30.3 Å². The first-order valence-electron chi connectivity index (χ1n) is 6.53. The topological polar surface area (TPSA) is 67.8 Å². The quantitative estimate of drug-likeness (QED) is 0.804. The third-order valence-corrected chi connectivity index (χ3v) is 3.13. The molecule has 22 heavy (non-hydrogen) atoms. The van der Waals surface area contributed by atoms with Gasteiger partial charge in [-0.05, 0) is 12.1 Å². The van der Waals surface area contributed by atoms with E-state index in [1.165, 1.54) is 12.3 Å². The third-order valence-electron chi connectivity index (χ3n) is 2.90. The summed E-state index contributed by atoms with van der Waals surface area (Å²) < 4.78 is 0. The number of hydrogen-bond acceptors (Lipinski definition) is 4. The van der Waals surface area contributed by atoms with Gasteiger partial charge in [0.15, 0.2) is 5.82 Å². The van der Waals surface area contributed by atoms with Crippen LogP contribution in [0.25, 0.3) is 11.4 Å². The summed E-state index contributed by atoms with van der Waals surface area (Å²) in [6.07, 6.45) is 4.59. The molecule has 0 aliphatic rings. The number of nitrogens with one attached hydrogen (secondary N) is 1. The van der Waals surface area contributed by atoms with Gasteiger partial charge in [-0.15, -0.1) is 0 Å². The maximum absolute atomic E-state index is 12.0. The van der Waals surface area contributed by atoms with Crippen LogP contribution in [0.15, 0.2) is 61.1 Å². The largest absolute Gasteiger partial charge is 0.318 e. The summed E-state index contributed by atoms with van der Waals surface area (Å²) in [5.74, 6) is 0.234. The minimum absolute atomic E-state index is 0.236. The molecule has 6 heteroatoms. The Morgan fingerprint density at radius 1 is 1.00 bits per heavy atom. The zero-order valence-corrected chi connectivity index (χ0v) is 12.2. The SMILES string of the molecule is O=C(Nc1cnc(-c2ccccc2)nc1)c1cc(Cl)ccn1. The maximum atomic E-state index is 12.0. The van der Waals surface area contributed by atoms with Crippen LogP contribution < -0.4 is 5.32 Å². The van der Waals surface area contributed by atoms with Crippen LogP contribution in [0.4, 0.5) is 5.69 Å². The number of rotatable bonds is 3. The Morgan fingerprint density at radius 3 is 2.41 bits per heavy atom. The fraction of sp³-hybridized carbons (Fsp3) is 0. The first kappa shape index (κ1) is 14.2. The standard InChI is InChI=1S/C16H11ClN4O/c17-12-6-7-18-14(8-12)16(22)21-13-9-19-15(20-10-13)11-4-2-1-3-5-11/h1-10H,(H,21,22). The lowest BCUT2D eigenvalue weighted by Gasteiger charge is -2.05. The van der Waals surface area contributed by atoms with E-state index >= 15 is 0 Å². The summed E-state index contributed by atoms with van der Waals surface area (Å²) >= 11 is 5.84. The van der Waals surface area contributed by atoms with E-state index in [4.69, 9.17) is 11.6 Å². The number of nitrogens with zero attached hydrogens (tertiary/aromatic N) is 3. The molecule has 0 aliphatic heterocycles. The second kappa shape index (κ2) is 6.32. The number of pyridine rings is 1. The number of amides is 1. The van der Waals surface area contributed by atoms with E-state index in [9.17, 15) is 4.79 Å². The molecule has 1 aromatic carbocycles. The van der Waals surface area contributed by atoms with Crippen LogP contribution in [0.1, 0.15) is 10.5 Å². The van der Waals surface area contributed by atoms with Gasteiger partial charge >= 0.3 is 0 Å². The highest BCUT2D eigenvalue weighted by Crippen LogP contribution is 2.15. The van der Waals surface area contributed by atoms with Crippen molar-refractivity contribution in [1.29, 1.82) is 0 Å². The zero-order valence-electron chi connectivity index (χ0n) is 11.4. The van der Waals surface area contributed by atoms with E-state index in [-0.39, 0.29) is 11.6 Å². The highest BCUT2D eigenvalue weighted by Gasteiger charge is 2.09. The highest BCUT2D eigenvalue weighted by molar-refractivity contribution is 6.30. The van der Waals surface area contributed by atoms with Crippen LogP contribution in [0.2, 0.25) is 5.02 Å². The normalized spacial score (nSPS) is 10.2. The number of carbonyl (C=O) groups excluding carboxylic acids is 1. The second-order valence-corrected chi connectivity index (χ2v) is 4.91. The number of halogens is 1. The van der Waals surface area contributed by atoms with Crippen LogP contribution in [0.5, 0.6) is 0 Å². The van der Waals surface area contributed by atoms with E-state index in [1.54, 1.807) is 18.5 Å². The smallest absolute Gasteiger partial charge is 0.274 e. The average molecular weight is 311 g/mol. The van der Waals surface area contributed by atoms with Crippen molar-refractivity contribution in [2.24, 2.45) is 0 Å². The van der Waals surface area contributed by atoms with Crippen molar-refractivity contribution in [3.63, 3.8) is 0 Å². The lowest BCUT2D eigenvalue weighted by Crippen LogP contribution is -2.13. The molecule has 0 unspecified atom stereocenters. The van der Waals surface area contributed by atoms with Gasteiger partial charge in [-0.25, -0.2) is 9.97 Å². The minimum atomic E-state index is -0.362. The molecule has 0 fully saturated rings. The lowest BCUT2D eigenvalue weighted by molar-refractivity contribution is 0.102. The van der Waals surface area contributed by atoms with Gasteiger partial charge < -0.3 is 5.32 Å². The van der Waals surface area contributed by atoms with E-state index in [2.05, 4.69) is 20.3 Å². The van der Waals surface area contributed by atoms with Crippen LogP contribution in [0.3, 0.4) is 0 Å². The predicted molar refractivity (Wildman–Crippen MR) is 84.7 cm³/mol. The summed E-state index contributed by atoms with van der Waals surface area (Å²) in [6.45, 7) is 0. The number of hydrogen-bond donors (Lipinski definition) is 1. The van der Waals surface area contributed by atoms with Crippen molar-refractivity contribution in [2.75, 3.05) is 5.32 Å². The molecule has 0 saturated heterocycles. The summed E-state index contributed by atoms with van der Waals surface area (Å²) in [5, 5.41) is 3.13. The number of benzene rings is 1. The van der Waals surface area contributed by atoms with Gasteiger partial charge in [-0.2, -0.15) is 0 Å². The van der Waals surface area contributed by atoms with Gasteiger partial charge in [0.1, 0.15) is 5.69 Å². The maximum Gasteiger partial charge on any atom is 0.274 e. The molecule has 0 atom stereocenters. The van der Waals surface area contributed by atoms with Crippen molar-refractivity contribution >= 4 is 23.2 Å². The Hall–Kier alpha value is -2.79. The molecular weight excluding hydrogens is 300 g/mol. The first-order valence-corrected chi connectivity index (χ1v) is 6.90. The van der Waals surface area contributed by atoms with Crippen molar-refractivity contribution in [3.8, 4) is 11.4 Å². The third kappa shape index (κ3) is 3.27. The van der Waals surface area contributed by atoms with Gasteiger partial charge in [0, 0.05) is 16.8 Å². The molecule has 2 heterocycles. The van der Waals surface area contributed by atoms with Crippen molar-refractivity contribution < 1.29 is 4.79 Å². The van der Waals surface area contributed by atoms with Crippen LogP contribution in [0, 0.1) is 0 Å². The van der Waals surface area contributed by atoms with Crippen molar-refractivity contribution in [1.82, 2.24) is 15.0 Å². The van der Waals surface area contributed by atoms with Crippen molar-refractivity contribution in [3.05, 3.63) is 71.8 Å². The predicted octanol–water partition coefficient (Wildman–Crippen LogP) is 3.44.